The van der Waals surface area contributed by atoms with Crippen LogP contribution in [0.2, 0.25) is 0 Å². The molecule has 236 valence electrons. The number of fused-ring (bicyclic) bond motifs is 5. The summed E-state index contributed by atoms with van der Waals surface area (Å²) < 4.78 is 91.4. The van der Waals surface area contributed by atoms with Gasteiger partial charge in [0, 0.05) is 16.8 Å². The van der Waals surface area contributed by atoms with Crippen LogP contribution in [0.3, 0.4) is 0 Å². The Morgan fingerprint density at radius 1 is 0.660 bits per heavy atom. The van der Waals surface area contributed by atoms with Gasteiger partial charge in [-0.25, -0.2) is 4.90 Å². The number of aromatic nitrogens is 1. The van der Waals surface area contributed by atoms with Crippen molar-refractivity contribution >= 4 is 51.0 Å². The molecule has 4 amide bonds. The van der Waals surface area contributed by atoms with Gasteiger partial charge in [-0.15, -0.1) is 0 Å². The highest BCUT2D eigenvalue weighted by atomic mass is 19.4. The van der Waals surface area contributed by atoms with Crippen molar-refractivity contribution in [3.8, 4) is 0 Å². The van der Waals surface area contributed by atoms with E-state index in [-0.39, 0.29) is 16.8 Å². The summed E-state index contributed by atoms with van der Waals surface area (Å²) >= 11 is 0. The Morgan fingerprint density at radius 2 is 1.26 bits per heavy atom. The number of halogens is 6. The molecule has 5 aromatic rings. The number of carbonyl (C=O) groups excluding carboxylic acids is 4. The number of benzene rings is 4. The van der Waals surface area contributed by atoms with E-state index >= 15 is 0 Å². The highest BCUT2D eigenvalue weighted by Gasteiger charge is 2.73. The predicted octanol–water partition coefficient (Wildman–Crippen LogP) is 6.40. The Balaban J connectivity index is 1.38. The van der Waals surface area contributed by atoms with Gasteiger partial charge in [0.2, 0.25) is 10.9 Å². The Labute approximate surface area is 261 Å². The molecule has 3 heterocycles. The summed E-state index contributed by atoms with van der Waals surface area (Å²) in [6.07, 6.45) is -10.3. The Morgan fingerprint density at radius 3 is 1.91 bits per heavy atom. The topological polar surface area (TPSA) is 87.4 Å². The van der Waals surface area contributed by atoms with Crippen LogP contribution in [0.1, 0.15) is 59.5 Å². The molecule has 7 rings (SSSR count). The molecular weight excluding hydrogens is 628 g/mol. The van der Waals surface area contributed by atoms with Gasteiger partial charge in [0.15, 0.2) is 6.20 Å². The molecule has 0 radical (unpaired) electrons. The third-order valence-electron chi connectivity index (χ3n) is 8.77. The summed E-state index contributed by atoms with van der Waals surface area (Å²) in [5.41, 5.74) is -8.55. The van der Waals surface area contributed by atoms with Crippen LogP contribution in [0.25, 0.3) is 21.7 Å². The van der Waals surface area contributed by atoms with Crippen molar-refractivity contribution in [3.63, 3.8) is 0 Å². The standard InChI is InChI=1S/C34H19F6N3O4/c1-2-42-16-17-13-20(9-12-21(17)22-5-3-4-6-27(22)42)43-30(46)24-11-8-19(15-26(24)31(43)47)32(33(35,36)37,34(38,39)40)18-7-10-23-25(14-18)29(45)41-28(23)44/h3-16H,2H2,1H3/p+1. The molecule has 0 fully saturated rings. The van der Waals surface area contributed by atoms with Crippen LogP contribution in [0.5, 0.6) is 0 Å². The first-order valence-corrected chi connectivity index (χ1v) is 14.2. The first kappa shape index (κ1) is 30.1. The average molecular weight is 649 g/mol. The van der Waals surface area contributed by atoms with E-state index in [1.165, 1.54) is 6.07 Å². The molecule has 0 atom stereocenters. The molecule has 0 saturated heterocycles. The maximum Gasteiger partial charge on any atom is 0.411 e. The largest absolute Gasteiger partial charge is 0.411 e. The molecule has 2 aliphatic heterocycles. The van der Waals surface area contributed by atoms with E-state index in [0.717, 1.165) is 22.4 Å². The highest BCUT2D eigenvalue weighted by Crippen LogP contribution is 2.57. The van der Waals surface area contributed by atoms with Crippen LogP contribution in [-0.4, -0.2) is 36.0 Å². The number of para-hydroxylation sites is 1. The van der Waals surface area contributed by atoms with E-state index in [1.807, 2.05) is 47.3 Å². The fraction of sp³-hybridized carbons (Fsp3) is 0.147. The number of imide groups is 2. The summed E-state index contributed by atoms with van der Waals surface area (Å²) in [5, 5.41) is 4.19. The van der Waals surface area contributed by atoms with Gasteiger partial charge in [-0.3, -0.25) is 24.5 Å². The number of pyridine rings is 1. The SMILES string of the molecule is CC[n+]1cc2cc(N3C(=O)c4ccc(C(c5ccc6c(c5)C(=O)NC6=O)(C(F)(F)F)C(F)(F)F)cc4C3=O)ccc2c2ccccc21. The van der Waals surface area contributed by atoms with Gasteiger partial charge in [-0.1, -0.05) is 30.3 Å². The van der Waals surface area contributed by atoms with E-state index < -0.39 is 63.7 Å². The number of hydrogen-bond acceptors (Lipinski definition) is 4. The summed E-state index contributed by atoms with van der Waals surface area (Å²) in [5.74, 6) is -4.14. The van der Waals surface area contributed by atoms with E-state index in [1.54, 1.807) is 12.1 Å². The molecule has 0 bridgehead atoms. The van der Waals surface area contributed by atoms with E-state index in [2.05, 4.69) is 0 Å². The van der Waals surface area contributed by atoms with Crippen LogP contribution in [0.15, 0.2) is 85.1 Å². The van der Waals surface area contributed by atoms with Gasteiger partial charge in [-0.2, -0.15) is 30.9 Å². The minimum Gasteiger partial charge on any atom is -0.288 e. The number of nitrogens with one attached hydrogen (secondary N) is 1. The third kappa shape index (κ3) is 4.11. The Kier molecular flexibility index (Phi) is 6.37. The molecule has 2 aliphatic rings. The molecule has 1 N–H and O–H groups in total. The molecule has 0 unspecified atom stereocenters. The normalized spacial score (nSPS) is 15.1. The number of alkyl halides is 6. The number of aryl methyl sites for hydroxylation is 1. The molecule has 4 aromatic carbocycles. The molecule has 47 heavy (non-hydrogen) atoms. The Bertz CT molecular complexity index is 2230. The van der Waals surface area contributed by atoms with E-state index in [4.69, 9.17) is 0 Å². The van der Waals surface area contributed by atoms with Gasteiger partial charge in [0.05, 0.1) is 33.3 Å². The number of anilines is 1. The van der Waals surface area contributed by atoms with Crippen LogP contribution in [0, 0.1) is 0 Å². The average Bonchev–Trinajstić information content (AvgIpc) is 3.45. The zero-order valence-electron chi connectivity index (χ0n) is 24.1. The number of amides is 4. The zero-order chi connectivity index (χ0) is 33.6. The third-order valence-corrected chi connectivity index (χ3v) is 8.77. The van der Waals surface area contributed by atoms with Crippen LogP contribution < -0.4 is 14.8 Å². The molecule has 0 saturated carbocycles. The number of hydrogen-bond donors (Lipinski definition) is 1. The van der Waals surface area contributed by atoms with Crippen molar-refractivity contribution in [2.24, 2.45) is 0 Å². The van der Waals surface area contributed by atoms with Crippen molar-refractivity contribution in [3.05, 3.63) is 118 Å². The van der Waals surface area contributed by atoms with Gasteiger partial charge < -0.3 is 0 Å². The van der Waals surface area contributed by atoms with Crippen LogP contribution in [0.4, 0.5) is 32.0 Å². The molecule has 7 nitrogen and oxygen atoms in total. The quantitative estimate of drug-likeness (QED) is 0.106. The maximum absolute atomic E-state index is 14.9. The van der Waals surface area contributed by atoms with E-state index in [9.17, 15) is 45.5 Å². The van der Waals surface area contributed by atoms with Gasteiger partial charge in [0.25, 0.3) is 23.6 Å². The van der Waals surface area contributed by atoms with Crippen molar-refractivity contribution in [1.29, 1.82) is 0 Å². The minimum atomic E-state index is -6.05. The fourth-order valence-corrected chi connectivity index (χ4v) is 6.58. The molecular formula is C34H20F6N3O4+. The highest BCUT2D eigenvalue weighted by molar-refractivity contribution is 6.34. The van der Waals surface area contributed by atoms with Crippen molar-refractivity contribution < 1.29 is 50.1 Å². The number of carbonyl (C=O) groups is 4. The van der Waals surface area contributed by atoms with Crippen LogP contribution in [-0.2, 0) is 12.0 Å². The lowest BCUT2D eigenvalue weighted by molar-refractivity contribution is -0.666. The Hall–Kier alpha value is -5.59. The van der Waals surface area contributed by atoms with E-state index in [0.29, 0.717) is 47.2 Å². The molecule has 0 aliphatic carbocycles. The van der Waals surface area contributed by atoms with Crippen molar-refractivity contribution in [1.82, 2.24) is 5.32 Å². The van der Waals surface area contributed by atoms with Crippen LogP contribution >= 0.6 is 0 Å². The summed E-state index contributed by atoms with van der Waals surface area (Å²) in [6, 6.07) is 15.6. The maximum atomic E-state index is 14.9. The van der Waals surface area contributed by atoms with Gasteiger partial charge in [0.1, 0.15) is 6.54 Å². The van der Waals surface area contributed by atoms with Gasteiger partial charge >= 0.3 is 12.4 Å². The molecule has 13 heteroatoms. The van der Waals surface area contributed by atoms with Crippen molar-refractivity contribution in [2.75, 3.05) is 4.90 Å². The second-order valence-corrected chi connectivity index (χ2v) is 11.2. The predicted molar refractivity (Wildman–Crippen MR) is 156 cm³/mol. The lowest BCUT2D eigenvalue weighted by Gasteiger charge is -2.38. The molecule has 1 aromatic heterocycles. The first-order chi connectivity index (χ1) is 22.2. The smallest absolute Gasteiger partial charge is 0.288 e. The monoisotopic (exact) mass is 648 g/mol. The van der Waals surface area contributed by atoms with Gasteiger partial charge in [-0.05, 0) is 60.5 Å². The lowest BCUT2D eigenvalue weighted by Crippen LogP contribution is -2.55. The summed E-state index contributed by atoms with van der Waals surface area (Å²) in [6.45, 7) is 2.53. The molecule has 0 spiro atoms. The second-order valence-electron chi connectivity index (χ2n) is 11.2. The lowest BCUT2D eigenvalue weighted by atomic mass is 9.71. The minimum absolute atomic E-state index is 0.0791. The zero-order valence-corrected chi connectivity index (χ0v) is 24.1. The number of rotatable bonds is 4. The fourth-order valence-electron chi connectivity index (χ4n) is 6.58. The number of nitrogens with zero attached hydrogens (tertiary/aromatic N) is 2. The first-order valence-electron chi connectivity index (χ1n) is 14.2. The second kappa shape index (κ2) is 9.95. The summed E-state index contributed by atoms with van der Waals surface area (Å²) in [4.78, 5) is 52.0. The van der Waals surface area contributed by atoms with Crippen molar-refractivity contribution in [2.45, 2.75) is 31.2 Å². The summed E-state index contributed by atoms with van der Waals surface area (Å²) in [7, 11) is 0.